The van der Waals surface area contributed by atoms with Crippen molar-refractivity contribution in [3.8, 4) is 6.07 Å². The van der Waals surface area contributed by atoms with Crippen molar-refractivity contribution in [3.05, 3.63) is 35.2 Å². The first-order valence-corrected chi connectivity index (χ1v) is 6.66. The van der Waals surface area contributed by atoms with Crippen molar-refractivity contribution in [3.63, 3.8) is 0 Å². The van der Waals surface area contributed by atoms with Crippen molar-refractivity contribution < 1.29 is 4.79 Å². The highest BCUT2D eigenvalue weighted by Crippen LogP contribution is 2.25. The van der Waals surface area contributed by atoms with Gasteiger partial charge in [-0.2, -0.15) is 5.26 Å². The minimum Gasteiger partial charge on any atom is -0.345 e. The Morgan fingerprint density at radius 2 is 2.22 bits per heavy atom. The number of thiophene rings is 1. The number of nitrogens with zero attached hydrogens (tertiary/aromatic N) is 2. The number of hydrogen-bond donors (Lipinski definition) is 0. The molecule has 0 bridgehead atoms. The first kappa shape index (κ1) is 12.6. The summed E-state index contributed by atoms with van der Waals surface area (Å²) < 4.78 is 1.28. The minimum absolute atomic E-state index is 0.0408. The predicted molar refractivity (Wildman–Crippen MR) is 73.4 cm³/mol. The average molecular weight is 258 g/mol. The Hall–Kier alpha value is -1.86. The molecular weight excluding hydrogens is 244 g/mol. The fourth-order valence-corrected chi connectivity index (χ4v) is 2.84. The average Bonchev–Trinajstić information content (AvgIpc) is 2.79. The van der Waals surface area contributed by atoms with Crippen LogP contribution in [0.2, 0.25) is 0 Å². The molecule has 92 valence electrons. The molecule has 18 heavy (non-hydrogen) atoms. The Morgan fingerprint density at radius 3 is 3.00 bits per heavy atom. The van der Waals surface area contributed by atoms with Crippen molar-refractivity contribution in [2.75, 3.05) is 13.6 Å². The van der Waals surface area contributed by atoms with Gasteiger partial charge in [0.05, 0.1) is 6.07 Å². The summed E-state index contributed by atoms with van der Waals surface area (Å²) in [5.41, 5.74) is 1.27. The molecule has 4 heteroatoms. The third-order valence-corrected chi connectivity index (χ3v) is 3.95. The highest BCUT2D eigenvalue weighted by molar-refractivity contribution is 7.17. The van der Waals surface area contributed by atoms with Gasteiger partial charge in [0.2, 0.25) is 5.91 Å². The zero-order valence-electron chi connectivity index (χ0n) is 10.2. The zero-order valence-corrected chi connectivity index (χ0v) is 11.0. The van der Waals surface area contributed by atoms with Gasteiger partial charge in [0, 0.05) is 18.3 Å². The summed E-state index contributed by atoms with van der Waals surface area (Å²) in [5, 5.41) is 11.9. The monoisotopic (exact) mass is 258 g/mol. The van der Waals surface area contributed by atoms with E-state index < -0.39 is 0 Å². The quantitative estimate of drug-likeness (QED) is 0.846. The number of hydrogen-bond acceptors (Lipinski definition) is 3. The molecule has 0 spiro atoms. The molecule has 0 saturated heterocycles. The molecule has 1 aromatic heterocycles. The van der Waals surface area contributed by atoms with E-state index in [1.54, 1.807) is 23.3 Å². The lowest BCUT2D eigenvalue weighted by Gasteiger charge is -2.15. The van der Waals surface area contributed by atoms with Gasteiger partial charge in [-0.05, 0) is 28.8 Å². The number of rotatable bonds is 4. The maximum atomic E-state index is 11.5. The molecule has 1 amide bonds. The van der Waals surface area contributed by atoms with E-state index in [1.807, 2.05) is 18.2 Å². The molecule has 0 radical (unpaired) electrons. The van der Waals surface area contributed by atoms with E-state index in [9.17, 15) is 4.79 Å². The van der Waals surface area contributed by atoms with Crippen LogP contribution in [-0.4, -0.2) is 24.4 Å². The summed E-state index contributed by atoms with van der Waals surface area (Å²) in [6, 6.07) is 10.2. The Kier molecular flexibility index (Phi) is 3.96. The van der Waals surface area contributed by atoms with Crippen molar-refractivity contribution in [2.24, 2.45) is 0 Å². The third kappa shape index (κ3) is 2.69. The van der Waals surface area contributed by atoms with Crippen LogP contribution < -0.4 is 0 Å². The van der Waals surface area contributed by atoms with Gasteiger partial charge in [0.1, 0.15) is 6.42 Å². The van der Waals surface area contributed by atoms with Crippen molar-refractivity contribution >= 4 is 27.3 Å². The Morgan fingerprint density at radius 1 is 1.44 bits per heavy atom. The van der Waals surface area contributed by atoms with Crippen LogP contribution in [0.3, 0.4) is 0 Å². The molecule has 0 N–H and O–H groups in total. The number of carbonyl (C=O) groups excluding carboxylic acids is 1. The molecule has 0 aliphatic carbocycles. The number of benzene rings is 1. The van der Waals surface area contributed by atoms with Crippen LogP contribution >= 0.6 is 11.3 Å². The van der Waals surface area contributed by atoms with Crippen molar-refractivity contribution in [2.45, 2.75) is 12.8 Å². The number of carbonyl (C=O) groups is 1. The van der Waals surface area contributed by atoms with E-state index in [1.165, 1.54) is 15.6 Å². The van der Waals surface area contributed by atoms with Gasteiger partial charge in [-0.1, -0.05) is 18.2 Å². The normalized spacial score (nSPS) is 10.2. The van der Waals surface area contributed by atoms with Gasteiger partial charge in [-0.3, -0.25) is 4.79 Å². The van der Waals surface area contributed by atoms with Crippen LogP contribution in [0.4, 0.5) is 0 Å². The van der Waals surface area contributed by atoms with Gasteiger partial charge in [0.15, 0.2) is 0 Å². The van der Waals surface area contributed by atoms with Gasteiger partial charge in [-0.25, -0.2) is 0 Å². The van der Waals surface area contributed by atoms with Crippen LogP contribution in [0.5, 0.6) is 0 Å². The number of fused-ring (bicyclic) bond motifs is 1. The fourth-order valence-electron chi connectivity index (χ4n) is 1.84. The highest BCUT2D eigenvalue weighted by atomic mass is 32.1. The van der Waals surface area contributed by atoms with Gasteiger partial charge in [-0.15, -0.1) is 11.3 Å². The van der Waals surface area contributed by atoms with E-state index in [0.717, 1.165) is 6.42 Å². The third-order valence-electron chi connectivity index (χ3n) is 2.93. The first-order valence-electron chi connectivity index (χ1n) is 5.78. The van der Waals surface area contributed by atoms with Gasteiger partial charge >= 0.3 is 0 Å². The van der Waals surface area contributed by atoms with E-state index in [2.05, 4.69) is 17.5 Å². The minimum atomic E-state index is -0.114. The van der Waals surface area contributed by atoms with Crippen molar-refractivity contribution in [1.29, 1.82) is 5.26 Å². The topological polar surface area (TPSA) is 44.1 Å². The Labute approximate surface area is 110 Å². The Balaban J connectivity index is 2.02. The Bertz CT molecular complexity index is 597. The summed E-state index contributed by atoms with van der Waals surface area (Å²) in [7, 11) is 1.74. The van der Waals surface area contributed by atoms with Crippen molar-refractivity contribution in [1.82, 2.24) is 4.90 Å². The second-order valence-electron chi connectivity index (χ2n) is 4.16. The van der Waals surface area contributed by atoms with Gasteiger partial charge < -0.3 is 4.90 Å². The first-order chi connectivity index (χ1) is 8.72. The molecule has 0 aliphatic heterocycles. The molecular formula is C14H14N2OS. The molecule has 0 aliphatic rings. The molecule has 3 nitrogen and oxygen atoms in total. The number of nitriles is 1. The zero-order chi connectivity index (χ0) is 13.0. The van der Waals surface area contributed by atoms with Crippen LogP contribution in [0.1, 0.15) is 12.0 Å². The molecule has 0 saturated carbocycles. The molecule has 2 rings (SSSR count). The summed E-state index contributed by atoms with van der Waals surface area (Å²) in [6.45, 7) is 0.654. The maximum absolute atomic E-state index is 11.5. The molecule has 0 atom stereocenters. The molecule has 1 aromatic carbocycles. The smallest absolute Gasteiger partial charge is 0.236 e. The number of likely N-dealkylation sites (N-methyl/N-ethyl adjacent to an activating group) is 1. The van der Waals surface area contributed by atoms with E-state index in [0.29, 0.717) is 6.54 Å². The lowest BCUT2D eigenvalue weighted by Crippen LogP contribution is -2.28. The molecule has 0 unspecified atom stereocenters. The number of amides is 1. The van der Waals surface area contributed by atoms with Crippen LogP contribution in [0.25, 0.3) is 10.1 Å². The van der Waals surface area contributed by atoms with Crippen LogP contribution in [0, 0.1) is 11.3 Å². The molecule has 1 heterocycles. The lowest BCUT2D eigenvalue weighted by molar-refractivity contribution is -0.128. The predicted octanol–water partition coefficient (Wildman–Crippen LogP) is 2.82. The lowest BCUT2D eigenvalue weighted by atomic mass is 10.1. The maximum Gasteiger partial charge on any atom is 0.236 e. The van der Waals surface area contributed by atoms with Crippen LogP contribution in [0.15, 0.2) is 29.6 Å². The van der Waals surface area contributed by atoms with E-state index in [4.69, 9.17) is 5.26 Å². The largest absolute Gasteiger partial charge is 0.345 e. The SMILES string of the molecule is CN(CCc1csc2ccccc12)C(=O)CC#N. The van der Waals surface area contributed by atoms with E-state index >= 15 is 0 Å². The fraction of sp³-hybridized carbons (Fsp3) is 0.286. The molecule has 0 fully saturated rings. The summed E-state index contributed by atoms with van der Waals surface area (Å²) in [6.07, 6.45) is 0.790. The summed E-state index contributed by atoms with van der Waals surface area (Å²) in [5.74, 6) is -0.114. The molecule has 2 aromatic rings. The second kappa shape index (κ2) is 5.65. The summed E-state index contributed by atoms with van der Waals surface area (Å²) in [4.78, 5) is 13.1. The van der Waals surface area contributed by atoms with E-state index in [-0.39, 0.29) is 12.3 Å². The highest BCUT2D eigenvalue weighted by Gasteiger charge is 2.09. The second-order valence-corrected chi connectivity index (χ2v) is 5.07. The van der Waals surface area contributed by atoms with Crippen LogP contribution in [-0.2, 0) is 11.2 Å². The van der Waals surface area contributed by atoms with Gasteiger partial charge in [0.25, 0.3) is 0 Å². The standard InChI is InChI=1S/C14H14N2OS/c1-16(14(17)6-8-15)9-7-11-10-18-13-5-3-2-4-12(11)13/h2-5,10H,6-7,9H2,1H3. The summed E-state index contributed by atoms with van der Waals surface area (Å²) >= 11 is 1.73.